The average molecular weight is 286 g/mol. The number of nitrogens with zero attached hydrogens (tertiary/aromatic N) is 3. The van der Waals surface area contributed by atoms with E-state index in [1.54, 1.807) is 37.4 Å². The molecular formula is C14H11FN4O2. The van der Waals surface area contributed by atoms with Crippen LogP contribution in [0.15, 0.2) is 36.7 Å². The quantitative estimate of drug-likeness (QED) is 0.759. The van der Waals surface area contributed by atoms with Gasteiger partial charge in [0.15, 0.2) is 5.82 Å². The molecular weight excluding hydrogens is 275 g/mol. The Labute approximate surface area is 118 Å². The largest absolute Gasteiger partial charge is 0.465 e. The summed E-state index contributed by atoms with van der Waals surface area (Å²) in [6, 6.07) is 6.68. The minimum atomic E-state index is -1.19. The number of amides is 1. The van der Waals surface area contributed by atoms with E-state index in [9.17, 15) is 9.18 Å². The lowest BCUT2D eigenvalue weighted by Crippen LogP contribution is -2.07. The molecule has 7 heteroatoms. The molecule has 3 aromatic heterocycles. The van der Waals surface area contributed by atoms with Crippen molar-refractivity contribution in [3.05, 3.63) is 48.2 Å². The molecule has 0 atom stereocenters. The third-order valence-electron chi connectivity index (χ3n) is 3.00. The van der Waals surface area contributed by atoms with Crippen LogP contribution in [0.2, 0.25) is 0 Å². The molecule has 0 aliphatic carbocycles. The molecule has 0 aliphatic heterocycles. The molecule has 0 radical (unpaired) electrons. The molecule has 0 unspecified atom stereocenters. The van der Waals surface area contributed by atoms with Gasteiger partial charge in [-0.25, -0.2) is 13.7 Å². The van der Waals surface area contributed by atoms with Crippen LogP contribution in [-0.4, -0.2) is 25.8 Å². The van der Waals surface area contributed by atoms with E-state index in [0.29, 0.717) is 22.3 Å². The van der Waals surface area contributed by atoms with Crippen LogP contribution < -0.4 is 5.32 Å². The third-order valence-corrected chi connectivity index (χ3v) is 3.00. The van der Waals surface area contributed by atoms with Crippen molar-refractivity contribution < 1.29 is 14.3 Å². The highest BCUT2D eigenvalue weighted by Gasteiger charge is 2.09. The molecule has 1 amide bonds. The summed E-state index contributed by atoms with van der Waals surface area (Å²) < 4.78 is 15.4. The molecule has 0 aliphatic rings. The fourth-order valence-corrected chi connectivity index (χ4v) is 2.10. The first-order valence-electron chi connectivity index (χ1n) is 6.15. The van der Waals surface area contributed by atoms with E-state index >= 15 is 0 Å². The van der Waals surface area contributed by atoms with Crippen molar-refractivity contribution in [3.63, 3.8) is 0 Å². The molecule has 0 fully saturated rings. The van der Waals surface area contributed by atoms with Gasteiger partial charge in [0.1, 0.15) is 5.82 Å². The standard InChI is InChI=1S/C14H11FN4O2/c1-8-4-11(12(15)7-16-8)9-2-3-19-10(5-9)6-13(18-19)17-14(20)21/h2-7H,1H3,(H,17,18)(H,20,21). The monoisotopic (exact) mass is 286 g/mol. The summed E-state index contributed by atoms with van der Waals surface area (Å²) in [7, 11) is 0. The van der Waals surface area contributed by atoms with Gasteiger partial charge in [-0.15, -0.1) is 5.10 Å². The Bertz CT molecular complexity index is 844. The first-order chi connectivity index (χ1) is 10.0. The second-order valence-corrected chi connectivity index (χ2v) is 4.55. The number of anilines is 1. The lowest BCUT2D eigenvalue weighted by Gasteiger charge is -2.04. The Kier molecular flexibility index (Phi) is 3.02. The lowest BCUT2D eigenvalue weighted by molar-refractivity contribution is 0.209. The van der Waals surface area contributed by atoms with E-state index in [4.69, 9.17) is 5.11 Å². The summed E-state index contributed by atoms with van der Waals surface area (Å²) >= 11 is 0. The number of carboxylic acid groups (broad SMARTS) is 1. The second kappa shape index (κ2) is 4.86. The molecule has 2 N–H and O–H groups in total. The zero-order chi connectivity index (χ0) is 15.0. The van der Waals surface area contributed by atoms with E-state index < -0.39 is 11.9 Å². The first kappa shape index (κ1) is 13.0. The van der Waals surface area contributed by atoms with Gasteiger partial charge in [-0.2, -0.15) is 0 Å². The summed E-state index contributed by atoms with van der Waals surface area (Å²) in [5.41, 5.74) is 2.49. The van der Waals surface area contributed by atoms with Gasteiger partial charge in [0.25, 0.3) is 0 Å². The fraction of sp³-hybridized carbons (Fsp3) is 0.0714. The number of rotatable bonds is 2. The van der Waals surface area contributed by atoms with Gasteiger partial charge < -0.3 is 5.11 Å². The average Bonchev–Trinajstić information content (AvgIpc) is 2.81. The summed E-state index contributed by atoms with van der Waals surface area (Å²) in [4.78, 5) is 14.5. The second-order valence-electron chi connectivity index (χ2n) is 4.55. The predicted octanol–water partition coefficient (Wildman–Crippen LogP) is 2.93. The zero-order valence-corrected chi connectivity index (χ0v) is 11.0. The van der Waals surface area contributed by atoms with Crippen LogP contribution in [0.4, 0.5) is 15.0 Å². The topological polar surface area (TPSA) is 79.5 Å². The maximum atomic E-state index is 13.9. The van der Waals surface area contributed by atoms with Crippen LogP contribution in [-0.2, 0) is 0 Å². The maximum absolute atomic E-state index is 13.9. The summed E-state index contributed by atoms with van der Waals surface area (Å²) in [6.07, 6.45) is 1.64. The molecule has 0 saturated carbocycles. The van der Waals surface area contributed by atoms with Gasteiger partial charge in [-0.1, -0.05) is 0 Å². The Hall–Kier alpha value is -2.96. The number of hydrogen-bond donors (Lipinski definition) is 2. The van der Waals surface area contributed by atoms with Crippen LogP contribution in [0.5, 0.6) is 0 Å². The van der Waals surface area contributed by atoms with Gasteiger partial charge in [-0.3, -0.25) is 10.3 Å². The molecule has 6 nitrogen and oxygen atoms in total. The summed E-state index contributed by atoms with van der Waals surface area (Å²) in [5.74, 6) is -0.195. The Morgan fingerprint density at radius 3 is 2.95 bits per heavy atom. The molecule has 0 bridgehead atoms. The lowest BCUT2D eigenvalue weighted by atomic mass is 10.1. The molecule has 106 valence electrons. The van der Waals surface area contributed by atoms with Gasteiger partial charge in [0.2, 0.25) is 0 Å². The normalized spacial score (nSPS) is 10.8. The predicted molar refractivity (Wildman–Crippen MR) is 74.8 cm³/mol. The van der Waals surface area contributed by atoms with Crippen molar-refractivity contribution in [1.29, 1.82) is 0 Å². The number of carbonyl (C=O) groups is 1. The van der Waals surface area contributed by atoms with Gasteiger partial charge in [-0.05, 0) is 30.7 Å². The minimum absolute atomic E-state index is 0.214. The van der Waals surface area contributed by atoms with Crippen LogP contribution in [0.1, 0.15) is 5.69 Å². The first-order valence-corrected chi connectivity index (χ1v) is 6.15. The molecule has 0 saturated heterocycles. The van der Waals surface area contributed by atoms with Gasteiger partial charge in [0, 0.05) is 23.5 Å². The minimum Gasteiger partial charge on any atom is -0.465 e. The van der Waals surface area contributed by atoms with Gasteiger partial charge >= 0.3 is 6.09 Å². The SMILES string of the molecule is Cc1cc(-c2ccn3nc(NC(=O)O)cc3c2)c(F)cn1. The van der Waals surface area contributed by atoms with E-state index in [0.717, 1.165) is 0 Å². The van der Waals surface area contributed by atoms with Crippen molar-refractivity contribution in [1.82, 2.24) is 14.6 Å². The Morgan fingerprint density at radius 1 is 1.38 bits per heavy atom. The van der Waals surface area contributed by atoms with Crippen molar-refractivity contribution in [3.8, 4) is 11.1 Å². The Morgan fingerprint density at radius 2 is 2.19 bits per heavy atom. The maximum Gasteiger partial charge on any atom is 0.410 e. The molecule has 3 rings (SSSR count). The molecule has 0 spiro atoms. The smallest absolute Gasteiger partial charge is 0.410 e. The zero-order valence-electron chi connectivity index (χ0n) is 11.0. The van der Waals surface area contributed by atoms with Crippen molar-refractivity contribution in [2.45, 2.75) is 6.92 Å². The van der Waals surface area contributed by atoms with Crippen molar-refractivity contribution in [2.24, 2.45) is 0 Å². The van der Waals surface area contributed by atoms with E-state index in [1.807, 2.05) is 0 Å². The van der Waals surface area contributed by atoms with E-state index in [-0.39, 0.29) is 5.82 Å². The summed E-state index contributed by atoms with van der Waals surface area (Å²) in [5, 5.41) is 14.9. The molecule has 3 heterocycles. The van der Waals surface area contributed by atoms with Crippen molar-refractivity contribution in [2.75, 3.05) is 5.32 Å². The van der Waals surface area contributed by atoms with Crippen LogP contribution in [0.3, 0.4) is 0 Å². The third kappa shape index (κ3) is 2.53. The highest BCUT2D eigenvalue weighted by atomic mass is 19.1. The molecule has 0 aromatic carbocycles. The van der Waals surface area contributed by atoms with E-state index in [2.05, 4.69) is 15.4 Å². The van der Waals surface area contributed by atoms with Crippen LogP contribution in [0.25, 0.3) is 16.6 Å². The number of nitrogens with one attached hydrogen (secondary N) is 1. The number of halogens is 1. The number of hydrogen-bond acceptors (Lipinski definition) is 3. The summed E-state index contributed by atoms with van der Waals surface area (Å²) in [6.45, 7) is 1.79. The molecule has 21 heavy (non-hydrogen) atoms. The van der Waals surface area contributed by atoms with Gasteiger partial charge in [0.05, 0.1) is 11.7 Å². The van der Waals surface area contributed by atoms with E-state index in [1.165, 1.54) is 10.7 Å². The number of aromatic nitrogens is 3. The Balaban J connectivity index is 2.08. The highest BCUT2D eigenvalue weighted by Crippen LogP contribution is 2.25. The van der Waals surface area contributed by atoms with Crippen LogP contribution >= 0.6 is 0 Å². The number of fused-ring (bicyclic) bond motifs is 1. The molecule has 3 aromatic rings. The fourth-order valence-electron chi connectivity index (χ4n) is 2.10. The highest BCUT2D eigenvalue weighted by molar-refractivity contribution is 5.83. The number of aryl methyl sites for hydroxylation is 1. The van der Waals surface area contributed by atoms with Crippen LogP contribution in [0, 0.1) is 12.7 Å². The van der Waals surface area contributed by atoms with Crippen molar-refractivity contribution >= 4 is 17.4 Å². The number of pyridine rings is 2.